The number of benzene rings is 1. The number of carbonyl (C=O) groups excluding carboxylic acids is 5. The minimum atomic E-state index is -1.10. The van der Waals surface area contributed by atoms with Crippen molar-refractivity contribution in [2.45, 2.75) is 84.2 Å². The van der Waals surface area contributed by atoms with Gasteiger partial charge in [0.2, 0.25) is 18.1 Å². The molecule has 4 N–H and O–H groups in total. The van der Waals surface area contributed by atoms with E-state index < -0.39 is 36.4 Å². The van der Waals surface area contributed by atoms with E-state index in [0.717, 1.165) is 37.7 Å². The van der Waals surface area contributed by atoms with Crippen molar-refractivity contribution in [2.24, 2.45) is 16.6 Å². The average molecular weight is 588 g/mol. The second-order valence-electron chi connectivity index (χ2n) is 10.4. The maximum Gasteiger partial charge on any atom is 0.438 e. The van der Waals surface area contributed by atoms with Crippen LogP contribution < -0.4 is 16.4 Å². The standard InChI is InChI=1S/C29H41N5O8/c1-4-40-24(36)17-31-25(21-8-6-5-7-9-21)28(38)34-15-14-23(34)27(37)32-16-20-10-12-22(13-11-20)26(30)33-29(39)42-19(3)41-18(2)35/h10-13,19,21,23,25,31H,4-9,14-17H2,1-3H3,(H,32,37)(H2,30,33,39)/t19?,23-,25+/m0/s1. The van der Waals surface area contributed by atoms with Crippen LogP contribution in [0.3, 0.4) is 0 Å². The van der Waals surface area contributed by atoms with Crippen LogP contribution >= 0.6 is 0 Å². The van der Waals surface area contributed by atoms with Crippen LogP contribution in [0.15, 0.2) is 29.3 Å². The van der Waals surface area contributed by atoms with Crippen LogP contribution in [-0.4, -0.2) is 78.7 Å². The maximum atomic E-state index is 13.5. The van der Waals surface area contributed by atoms with Gasteiger partial charge in [0.05, 0.1) is 19.2 Å². The summed E-state index contributed by atoms with van der Waals surface area (Å²) in [5.41, 5.74) is 7.13. The fraction of sp³-hybridized carbons (Fsp3) is 0.586. The first kappa shape index (κ1) is 32.5. The van der Waals surface area contributed by atoms with Gasteiger partial charge in [-0.1, -0.05) is 43.5 Å². The highest BCUT2D eigenvalue weighted by atomic mass is 16.7. The molecular weight excluding hydrogens is 546 g/mol. The lowest BCUT2D eigenvalue weighted by Gasteiger charge is -2.43. The zero-order valence-electron chi connectivity index (χ0n) is 24.4. The Morgan fingerprint density at radius 3 is 2.33 bits per heavy atom. The summed E-state index contributed by atoms with van der Waals surface area (Å²) in [5, 5.41) is 6.00. The molecule has 42 heavy (non-hydrogen) atoms. The van der Waals surface area contributed by atoms with Gasteiger partial charge in [0.1, 0.15) is 11.9 Å². The summed E-state index contributed by atoms with van der Waals surface area (Å²) in [6.07, 6.45) is 3.47. The summed E-state index contributed by atoms with van der Waals surface area (Å²) in [5.74, 6) is -1.39. The number of amides is 3. The molecule has 1 aliphatic heterocycles. The summed E-state index contributed by atoms with van der Waals surface area (Å²) in [6.45, 7) is 5.24. The van der Waals surface area contributed by atoms with Crippen LogP contribution in [0.4, 0.5) is 4.79 Å². The lowest BCUT2D eigenvalue weighted by Crippen LogP contribution is -2.63. The first-order valence-electron chi connectivity index (χ1n) is 14.4. The Morgan fingerprint density at radius 2 is 1.74 bits per heavy atom. The van der Waals surface area contributed by atoms with Crippen LogP contribution in [0.2, 0.25) is 0 Å². The molecule has 230 valence electrons. The topological polar surface area (TPSA) is 179 Å². The lowest BCUT2D eigenvalue weighted by molar-refractivity contribution is -0.161. The molecule has 1 unspecified atom stereocenters. The molecule has 1 saturated heterocycles. The molecule has 2 aliphatic rings. The van der Waals surface area contributed by atoms with Crippen molar-refractivity contribution in [3.05, 3.63) is 35.4 Å². The van der Waals surface area contributed by atoms with Crippen molar-refractivity contribution in [3.8, 4) is 0 Å². The van der Waals surface area contributed by atoms with Crippen molar-refractivity contribution in [3.63, 3.8) is 0 Å². The first-order chi connectivity index (χ1) is 20.1. The molecule has 1 aliphatic carbocycles. The summed E-state index contributed by atoms with van der Waals surface area (Å²) >= 11 is 0. The van der Waals surface area contributed by atoms with E-state index in [-0.39, 0.29) is 43.3 Å². The Balaban J connectivity index is 1.53. The third-order valence-corrected chi connectivity index (χ3v) is 7.29. The normalized spacial score (nSPS) is 18.7. The van der Waals surface area contributed by atoms with Gasteiger partial charge in [-0.25, -0.2) is 4.79 Å². The summed E-state index contributed by atoms with van der Waals surface area (Å²) in [4.78, 5) is 66.5. The fourth-order valence-corrected chi connectivity index (χ4v) is 5.12. The molecule has 2 fully saturated rings. The molecule has 1 saturated carbocycles. The second-order valence-corrected chi connectivity index (χ2v) is 10.4. The van der Waals surface area contributed by atoms with Crippen molar-refractivity contribution < 1.29 is 38.2 Å². The number of aliphatic imine (C=N–C) groups is 1. The highest BCUT2D eigenvalue weighted by molar-refractivity contribution is 6.02. The zero-order chi connectivity index (χ0) is 30.6. The van der Waals surface area contributed by atoms with Gasteiger partial charge in [-0.15, -0.1) is 0 Å². The number of likely N-dealkylation sites (tertiary alicyclic amines) is 1. The molecule has 3 rings (SSSR count). The Bertz CT molecular complexity index is 1150. The van der Waals surface area contributed by atoms with Gasteiger partial charge in [-0.05, 0) is 37.7 Å². The van der Waals surface area contributed by atoms with E-state index in [4.69, 9.17) is 19.9 Å². The van der Waals surface area contributed by atoms with Gasteiger partial charge < -0.3 is 30.2 Å². The van der Waals surface area contributed by atoms with Crippen molar-refractivity contribution >= 4 is 35.7 Å². The molecular formula is C29H41N5O8. The predicted molar refractivity (Wildman–Crippen MR) is 152 cm³/mol. The van der Waals surface area contributed by atoms with Gasteiger partial charge in [-0.3, -0.25) is 24.5 Å². The maximum absolute atomic E-state index is 13.5. The lowest BCUT2D eigenvalue weighted by atomic mass is 9.82. The Morgan fingerprint density at radius 1 is 1.05 bits per heavy atom. The molecule has 13 heteroatoms. The van der Waals surface area contributed by atoms with Crippen LogP contribution in [0.5, 0.6) is 0 Å². The summed E-state index contributed by atoms with van der Waals surface area (Å²) < 4.78 is 14.6. The zero-order valence-corrected chi connectivity index (χ0v) is 24.4. The van der Waals surface area contributed by atoms with E-state index in [2.05, 4.69) is 15.6 Å². The molecule has 0 radical (unpaired) electrons. The van der Waals surface area contributed by atoms with Crippen LogP contribution in [0.1, 0.15) is 70.4 Å². The largest absolute Gasteiger partial charge is 0.465 e. The van der Waals surface area contributed by atoms with E-state index in [9.17, 15) is 24.0 Å². The number of hydrogen-bond donors (Lipinski definition) is 3. The molecule has 0 spiro atoms. The second kappa shape index (κ2) is 15.9. The van der Waals surface area contributed by atoms with Crippen LogP contribution in [-0.2, 0) is 39.9 Å². The van der Waals surface area contributed by atoms with Gasteiger partial charge in [0.25, 0.3) is 0 Å². The van der Waals surface area contributed by atoms with Gasteiger partial charge in [-0.2, -0.15) is 4.99 Å². The minimum Gasteiger partial charge on any atom is -0.465 e. The number of carbonyl (C=O) groups is 5. The minimum absolute atomic E-state index is 0.0503. The average Bonchev–Trinajstić information content (AvgIpc) is 2.91. The Hall–Kier alpha value is -4.00. The van der Waals surface area contributed by atoms with E-state index in [1.54, 1.807) is 36.1 Å². The highest BCUT2D eigenvalue weighted by Crippen LogP contribution is 2.29. The third kappa shape index (κ3) is 9.54. The third-order valence-electron chi connectivity index (χ3n) is 7.29. The number of rotatable bonds is 12. The van der Waals surface area contributed by atoms with E-state index in [0.29, 0.717) is 18.5 Å². The highest BCUT2D eigenvalue weighted by Gasteiger charge is 2.42. The summed E-state index contributed by atoms with van der Waals surface area (Å²) in [6, 6.07) is 5.64. The molecule has 0 aromatic heterocycles. The number of hydrogen-bond acceptors (Lipinski definition) is 9. The number of amidine groups is 1. The van der Waals surface area contributed by atoms with Gasteiger partial charge in [0.15, 0.2) is 0 Å². The molecule has 1 aromatic carbocycles. The van der Waals surface area contributed by atoms with E-state index in [1.165, 1.54) is 13.8 Å². The molecule has 3 atom stereocenters. The first-order valence-corrected chi connectivity index (χ1v) is 14.4. The smallest absolute Gasteiger partial charge is 0.438 e. The molecule has 3 amide bonds. The number of nitrogens with two attached hydrogens (primary N) is 1. The summed E-state index contributed by atoms with van der Waals surface area (Å²) in [7, 11) is 0. The molecule has 13 nitrogen and oxygen atoms in total. The SMILES string of the molecule is CCOC(=O)CN[C@@H](C(=O)N1CC[C@H]1C(=O)NCc1ccc(/C(N)=N/C(=O)OC(C)OC(C)=O)cc1)C1CCCCC1. The van der Waals surface area contributed by atoms with Gasteiger partial charge in [0, 0.05) is 32.5 Å². The van der Waals surface area contributed by atoms with E-state index in [1.807, 2.05) is 0 Å². The van der Waals surface area contributed by atoms with Crippen LogP contribution in [0.25, 0.3) is 0 Å². The number of nitrogens with zero attached hydrogens (tertiary/aromatic N) is 2. The Labute approximate surface area is 245 Å². The quantitative estimate of drug-likeness (QED) is 0.141. The van der Waals surface area contributed by atoms with Gasteiger partial charge >= 0.3 is 18.0 Å². The molecule has 1 heterocycles. The van der Waals surface area contributed by atoms with Crippen molar-refractivity contribution in [1.29, 1.82) is 0 Å². The molecule has 0 bridgehead atoms. The number of ether oxygens (including phenoxy) is 3. The van der Waals surface area contributed by atoms with Crippen molar-refractivity contribution in [2.75, 3.05) is 19.7 Å². The number of nitrogens with one attached hydrogen (secondary N) is 2. The van der Waals surface area contributed by atoms with Crippen molar-refractivity contribution in [1.82, 2.24) is 15.5 Å². The molecule has 1 aromatic rings. The predicted octanol–water partition coefficient (Wildman–Crippen LogP) is 1.76. The van der Waals surface area contributed by atoms with E-state index >= 15 is 0 Å². The number of esters is 2. The fourth-order valence-electron chi connectivity index (χ4n) is 5.12. The monoisotopic (exact) mass is 587 g/mol. The Kier molecular flexibility index (Phi) is 12.3. The van der Waals surface area contributed by atoms with Crippen LogP contribution in [0, 0.1) is 5.92 Å².